The number of rotatable bonds is 6. The van der Waals surface area contributed by atoms with Gasteiger partial charge in [-0.1, -0.05) is 39.7 Å². The van der Waals surface area contributed by atoms with Crippen molar-refractivity contribution >= 4 is 0 Å². The van der Waals surface area contributed by atoms with Crippen molar-refractivity contribution in [1.29, 1.82) is 0 Å². The van der Waals surface area contributed by atoms with Crippen LogP contribution in [0.3, 0.4) is 0 Å². The second-order valence-electron chi connectivity index (χ2n) is 5.92. The second-order valence-corrected chi connectivity index (χ2v) is 5.92. The molecule has 20 heavy (non-hydrogen) atoms. The number of nitrogens with one attached hydrogen (secondary N) is 1. The van der Waals surface area contributed by atoms with Crippen LogP contribution < -0.4 is 10.1 Å². The maximum Gasteiger partial charge on any atom is 0.119 e. The van der Waals surface area contributed by atoms with Crippen LogP contribution in [0.4, 0.5) is 0 Å². The van der Waals surface area contributed by atoms with Gasteiger partial charge in [0, 0.05) is 6.04 Å². The average Bonchev–Trinajstić information content (AvgIpc) is 2.49. The van der Waals surface area contributed by atoms with Gasteiger partial charge < -0.3 is 10.1 Å². The van der Waals surface area contributed by atoms with E-state index in [1.165, 1.54) is 36.8 Å². The van der Waals surface area contributed by atoms with E-state index in [0.717, 1.165) is 18.2 Å². The molecule has 1 N–H and O–H groups in total. The summed E-state index contributed by atoms with van der Waals surface area (Å²) in [7, 11) is 1.76. The smallest absolute Gasteiger partial charge is 0.119 e. The largest absolute Gasteiger partial charge is 0.497 e. The van der Waals surface area contributed by atoms with Gasteiger partial charge in [0.25, 0.3) is 0 Å². The predicted octanol–water partition coefficient (Wildman–Crippen LogP) is 4.14. The highest BCUT2D eigenvalue weighted by atomic mass is 16.5. The Hall–Kier alpha value is -1.02. The summed E-state index contributed by atoms with van der Waals surface area (Å²) in [5.74, 6) is 2.38. The van der Waals surface area contributed by atoms with Gasteiger partial charge in [0.15, 0.2) is 0 Å². The van der Waals surface area contributed by atoms with E-state index in [1.54, 1.807) is 7.11 Å². The summed E-state index contributed by atoms with van der Waals surface area (Å²) in [4.78, 5) is 0. The molecular formula is C18H29NO. The molecule has 0 bridgehead atoms. The molecule has 3 atom stereocenters. The van der Waals surface area contributed by atoms with Crippen molar-refractivity contribution in [1.82, 2.24) is 5.32 Å². The highest BCUT2D eigenvalue weighted by molar-refractivity contribution is 5.41. The topological polar surface area (TPSA) is 21.3 Å². The Bertz CT molecular complexity index is 429. The Balaban J connectivity index is 2.39. The Morgan fingerprint density at radius 1 is 1.25 bits per heavy atom. The van der Waals surface area contributed by atoms with Gasteiger partial charge in [-0.3, -0.25) is 0 Å². The lowest BCUT2D eigenvalue weighted by Crippen LogP contribution is -2.44. The molecule has 0 saturated heterocycles. The molecule has 2 nitrogen and oxygen atoms in total. The van der Waals surface area contributed by atoms with Crippen LogP contribution in [0.5, 0.6) is 5.75 Å². The summed E-state index contributed by atoms with van der Waals surface area (Å²) >= 11 is 0. The highest BCUT2D eigenvalue weighted by Gasteiger charge is 2.34. The number of likely N-dealkylation sites (N-methyl/N-ethyl adjacent to an activating group) is 1. The minimum Gasteiger partial charge on any atom is -0.497 e. The van der Waals surface area contributed by atoms with Crippen molar-refractivity contribution in [2.24, 2.45) is 5.92 Å². The zero-order valence-corrected chi connectivity index (χ0v) is 13.4. The molecule has 3 unspecified atom stereocenters. The van der Waals surface area contributed by atoms with Crippen LogP contribution >= 0.6 is 0 Å². The van der Waals surface area contributed by atoms with Crippen molar-refractivity contribution in [3.63, 3.8) is 0 Å². The van der Waals surface area contributed by atoms with Crippen molar-refractivity contribution in [2.45, 2.75) is 58.4 Å². The first-order valence-corrected chi connectivity index (χ1v) is 8.15. The van der Waals surface area contributed by atoms with Crippen molar-refractivity contribution in [3.05, 3.63) is 29.3 Å². The van der Waals surface area contributed by atoms with Crippen LogP contribution in [-0.4, -0.2) is 19.7 Å². The summed E-state index contributed by atoms with van der Waals surface area (Å²) in [5, 5.41) is 3.76. The third-order valence-corrected chi connectivity index (χ3v) is 4.74. The van der Waals surface area contributed by atoms with E-state index in [9.17, 15) is 0 Å². The molecule has 2 rings (SSSR count). The number of methoxy groups -OCH3 is 1. The van der Waals surface area contributed by atoms with Crippen LogP contribution in [-0.2, 0) is 6.42 Å². The molecule has 0 aromatic heterocycles. The minimum atomic E-state index is 0.615. The molecule has 0 spiro atoms. The number of hydrogen-bond donors (Lipinski definition) is 1. The van der Waals surface area contributed by atoms with Crippen LogP contribution in [0.2, 0.25) is 0 Å². The van der Waals surface area contributed by atoms with E-state index in [1.807, 2.05) is 0 Å². The molecule has 112 valence electrons. The first-order chi connectivity index (χ1) is 9.74. The number of ether oxygens (including phenoxy) is 1. The van der Waals surface area contributed by atoms with Gasteiger partial charge in [-0.05, 0) is 54.5 Å². The third kappa shape index (κ3) is 3.01. The molecule has 0 saturated carbocycles. The Morgan fingerprint density at radius 3 is 2.65 bits per heavy atom. The van der Waals surface area contributed by atoms with E-state index in [4.69, 9.17) is 4.74 Å². The van der Waals surface area contributed by atoms with Crippen LogP contribution in [0.25, 0.3) is 0 Å². The molecule has 0 aliphatic heterocycles. The van der Waals surface area contributed by atoms with Gasteiger partial charge in [0.1, 0.15) is 5.75 Å². The van der Waals surface area contributed by atoms with E-state index < -0.39 is 0 Å². The molecule has 1 aliphatic carbocycles. The molecule has 0 fully saturated rings. The van der Waals surface area contributed by atoms with Crippen molar-refractivity contribution in [2.75, 3.05) is 13.7 Å². The lowest BCUT2D eigenvalue weighted by Gasteiger charge is -2.40. The maximum absolute atomic E-state index is 5.43. The lowest BCUT2D eigenvalue weighted by atomic mass is 9.70. The summed E-state index contributed by atoms with van der Waals surface area (Å²) < 4.78 is 5.43. The fourth-order valence-corrected chi connectivity index (χ4v) is 3.75. The van der Waals surface area contributed by atoms with Gasteiger partial charge in [-0.15, -0.1) is 0 Å². The monoisotopic (exact) mass is 275 g/mol. The van der Waals surface area contributed by atoms with E-state index in [0.29, 0.717) is 12.0 Å². The molecule has 0 amide bonds. The van der Waals surface area contributed by atoms with Gasteiger partial charge >= 0.3 is 0 Å². The first kappa shape index (κ1) is 15.4. The maximum atomic E-state index is 5.43. The number of hydrogen-bond acceptors (Lipinski definition) is 2. The van der Waals surface area contributed by atoms with Crippen LogP contribution in [0.1, 0.15) is 57.1 Å². The Kier molecular flexibility index (Phi) is 5.47. The SMILES string of the molecule is CCCC1c2cc(OC)ccc2CC(CC)C1NCC. The number of benzene rings is 1. The molecule has 0 radical (unpaired) electrons. The second kappa shape index (κ2) is 7.12. The fraction of sp³-hybridized carbons (Fsp3) is 0.667. The first-order valence-electron chi connectivity index (χ1n) is 8.15. The van der Waals surface area contributed by atoms with E-state index >= 15 is 0 Å². The van der Waals surface area contributed by atoms with E-state index in [2.05, 4.69) is 44.3 Å². The van der Waals surface area contributed by atoms with Gasteiger partial charge in [0.05, 0.1) is 7.11 Å². The van der Waals surface area contributed by atoms with Crippen molar-refractivity contribution < 1.29 is 4.74 Å². The van der Waals surface area contributed by atoms with Gasteiger partial charge in [0.2, 0.25) is 0 Å². The summed E-state index contributed by atoms with van der Waals surface area (Å²) in [6, 6.07) is 7.28. The molecule has 0 heterocycles. The quantitative estimate of drug-likeness (QED) is 0.842. The van der Waals surface area contributed by atoms with Gasteiger partial charge in [-0.2, -0.15) is 0 Å². The lowest BCUT2D eigenvalue weighted by molar-refractivity contribution is 0.269. The summed E-state index contributed by atoms with van der Waals surface area (Å²) in [6.45, 7) is 7.89. The van der Waals surface area contributed by atoms with Crippen LogP contribution in [0.15, 0.2) is 18.2 Å². The normalized spacial score (nSPS) is 25.3. The Morgan fingerprint density at radius 2 is 2.05 bits per heavy atom. The molecule has 1 aliphatic rings. The Labute approximate surface area is 123 Å². The van der Waals surface area contributed by atoms with Gasteiger partial charge in [-0.25, -0.2) is 0 Å². The number of fused-ring (bicyclic) bond motifs is 1. The molecule has 2 heteroatoms. The summed E-state index contributed by atoms with van der Waals surface area (Å²) in [5.41, 5.74) is 3.05. The average molecular weight is 275 g/mol. The standard InChI is InChI=1S/C18H29NO/c1-5-8-16-17-12-15(20-4)10-9-14(17)11-13(6-2)18(16)19-7-3/h9-10,12-13,16,18-19H,5-8,11H2,1-4H3. The van der Waals surface area contributed by atoms with Crippen LogP contribution in [0, 0.1) is 5.92 Å². The summed E-state index contributed by atoms with van der Waals surface area (Å²) in [6.07, 6.45) is 4.95. The molecule has 1 aromatic rings. The predicted molar refractivity (Wildman–Crippen MR) is 85.6 cm³/mol. The zero-order valence-electron chi connectivity index (χ0n) is 13.4. The van der Waals surface area contributed by atoms with E-state index in [-0.39, 0.29) is 0 Å². The minimum absolute atomic E-state index is 0.615. The molecular weight excluding hydrogens is 246 g/mol. The zero-order chi connectivity index (χ0) is 14.5. The fourth-order valence-electron chi connectivity index (χ4n) is 3.75. The molecule has 1 aromatic carbocycles. The highest BCUT2D eigenvalue weighted by Crippen LogP contribution is 2.40. The van der Waals surface area contributed by atoms with Crippen molar-refractivity contribution in [3.8, 4) is 5.75 Å². The third-order valence-electron chi connectivity index (χ3n) is 4.74.